The zero-order valence-electron chi connectivity index (χ0n) is 20.1. The van der Waals surface area contributed by atoms with Crippen LogP contribution in [0.3, 0.4) is 0 Å². The Kier molecular flexibility index (Phi) is 18.4. The van der Waals surface area contributed by atoms with Gasteiger partial charge in [0.25, 0.3) is 0 Å². The number of nitrogens with zero attached hydrogens (tertiary/aromatic N) is 2. The molecule has 0 spiro atoms. The zero-order valence-corrected chi connectivity index (χ0v) is 20.9. The fourth-order valence-corrected chi connectivity index (χ4v) is 2.85. The van der Waals surface area contributed by atoms with Crippen LogP contribution in [0, 0.1) is 0 Å². The standard InChI is InChI=1S/C17H28N2O4S.C3H8.C2H6O/c1-6-10-19(16(21)23-17(3,4)5)11-8-9-14-18-13(12-24-14)15(20)22-7-2;1-3-2;1-2-3/h12H,6-11H2,1-5H3;3H2,1-2H3;3H,2H2,1H3. The largest absolute Gasteiger partial charge is 0.461 e. The van der Waals surface area contributed by atoms with Crippen molar-refractivity contribution in [3.8, 4) is 0 Å². The van der Waals surface area contributed by atoms with Crippen LogP contribution in [0.4, 0.5) is 4.79 Å². The lowest BCUT2D eigenvalue weighted by Crippen LogP contribution is -2.38. The molecule has 1 heterocycles. The van der Waals surface area contributed by atoms with E-state index in [9.17, 15) is 9.59 Å². The normalized spacial score (nSPS) is 10.2. The molecule has 0 unspecified atom stereocenters. The minimum Gasteiger partial charge on any atom is -0.461 e. The summed E-state index contributed by atoms with van der Waals surface area (Å²) in [5.74, 6) is -0.388. The maximum absolute atomic E-state index is 12.2. The highest BCUT2D eigenvalue weighted by atomic mass is 32.1. The van der Waals surface area contributed by atoms with Crippen LogP contribution in [0.15, 0.2) is 5.38 Å². The topological polar surface area (TPSA) is 89.0 Å². The van der Waals surface area contributed by atoms with E-state index >= 15 is 0 Å². The van der Waals surface area contributed by atoms with Gasteiger partial charge in [-0.25, -0.2) is 14.6 Å². The van der Waals surface area contributed by atoms with Gasteiger partial charge < -0.3 is 19.5 Å². The van der Waals surface area contributed by atoms with Gasteiger partial charge in [-0.3, -0.25) is 0 Å². The number of aryl methyl sites for hydroxylation is 1. The van der Waals surface area contributed by atoms with Gasteiger partial charge in [-0.1, -0.05) is 27.2 Å². The van der Waals surface area contributed by atoms with Gasteiger partial charge in [0.15, 0.2) is 5.69 Å². The Hall–Kier alpha value is -1.67. The summed E-state index contributed by atoms with van der Waals surface area (Å²) in [6, 6.07) is 0. The lowest BCUT2D eigenvalue weighted by molar-refractivity contribution is 0.0247. The van der Waals surface area contributed by atoms with E-state index in [4.69, 9.17) is 14.6 Å². The predicted octanol–water partition coefficient (Wildman–Crippen LogP) is 5.31. The van der Waals surface area contributed by atoms with Crippen LogP contribution in [-0.4, -0.2) is 59.0 Å². The van der Waals surface area contributed by atoms with Crippen molar-refractivity contribution >= 4 is 23.4 Å². The number of esters is 1. The molecule has 1 aromatic heterocycles. The Morgan fingerprint density at radius 2 is 1.70 bits per heavy atom. The Bertz CT molecular complexity index is 568. The summed E-state index contributed by atoms with van der Waals surface area (Å²) in [4.78, 5) is 29.8. The number of rotatable bonds is 8. The van der Waals surface area contributed by atoms with E-state index < -0.39 is 5.60 Å². The molecule has 0 radical (unpaired) electrons. The number of carbonyl (C=O) groups excluding carboxylic acids is 2. The number of hydrogen-bond acceptors (Lipinski definition) is 7. The van der Waals surface area contributed by atoms with Crippen molar-refractivity contribution in [2.75, 3.05) is 26.3 Å². The molecule has 0 fully saturated rings. The van der Waals surface area contributed by atoms with Crippen molar-refractivity contribution in [3.63, 3.8) is 0 Å². The number of aromatic nitrogens is 1. The third-order valence-electron chi connectivity index (χ3n) is 3.00. The van der Waals surface area contributed by atoms with Crippen LogP contribution in [0.2, 0.25) is 0 Å². The molecule has 0 aliphatic heterocycles. The first kappa shape index (κ1) is 30.5. The van der Waals surface area contributed by atoms with Gasteiger partial charge in [0.1, 0.15) is 5.60 Å². The van der Waals surface area contributed by atoms with E-state index in [-0.39, 0.29) is 18.7 Å². The van der Waals surface area contributed by atoms with Gasteiger partial charge in [-0.2, -0.15) is 0 Å². The van der Waals surface area contributed by atoms with E-state index in [1.54, 1.807) is 24.1 Å². The van der Waals surface area contributed by atoms with Gasteiger partial charge in [0, 0.05) is 31.5 Å². The molecule has 1 N–H and O–H groups in total. The summed E-state index contributed by atoms with van der Waals surface area (Å²) in [5, 5.41) is 10.2. The smallest absolute Gasteiger partial charge is 0.410 e. The minimum atomic E-state index is -0.493. The Balaban J connectivity index is 0. The van der Waals surface area contributed by atoms with Gasteiger partial charge in [0.2, 0.25) is 0 Å². The molecule has 0 aliphatic rings. The van der Waals surface area contributed by atoms with E-state index in [1.807, 2.05) is 27.7 Å². The lowest BCUT2D eigenvalue weighted by atomic mass is 10.2. The predicted molar refractivity (Wildman–Crippen MR) is 123 cm³/mol. The highest BCUT2D eigenvalue weighted by molar-refractivity contribution is 7.09. The first-order valence-corrected chi connectivity index (χ1v) is 11.7. The lowest BCUT2D eigenvalue weighted by Gasteiger charge is -2.27. The molecule has 0 aromatic carbocycles. The quantitative estimate of drug-likeness (QED) is 0.544. The van der Waals surface area contributed by atoms with Crippen molar-refractivity contribution in [3.05, 3.63) is 16.1 Å². The number of thiazole rings is 1. The Morgan fingerprint density at radius 1 is 1.13 bits per heavy atom. The molecular formula is C22H42N2O5S. The first-order chi connectivity index (χ1) is 14.1. The molecule has 1 aromatic rings. The van der Waals surface area contributed by atoms with Crippen molar-refractivity contribution in [1.29, 1.82) is 0 Å². The number of amides is 1. The van der Waals surface area contributed by atoms with Crippen LogP contribution in [0.1, 0.15) is 90.1 Å². The summed E-state index contributed by atoms with van der Waals surface area (Å²) < 4.78 is 10.4. The monoisotopic (exact) mass is 446 g/mol. The Labute approximate surface area is 186 Å². The van der Waals surface area contributed by atoms with Gasteiger partial charge in [-0.15, -0.1) is 11.3 Å². The number of hydrogen-bond donors (Lipinski definition) is 1. The molecule has 0 saturated carbocycles. The molecule has 0 saturated heterocycles. The second kappa shape index (κ2) is 18.1. The van der Waals surface area contributed by atoms with Crippen LogP contribution in [0.5, 0.6) is 0 Å². The fourth-order valence-electron chi connectivity index (χ4n) is 2.04. The van der Waals surface area contributed by atoms with Crippen molar-refractivity contribution in [2.45, 2.75) is 86.7 Å². The van der Waals surface area contributed by atoms with E-state index in [1.165, 1.54) is 17.8 Å². The van der Waals surface area contributed by atoms with Gasteiger partial charge in [-0.05, 0) is 47.5 Å². The van der Waals surface area contributed by atoms with Crippen LogP contribution in [0.25, 0.3) is 0 Å². The highest BCUT2D eigenvalue weighted by Crippen LogP contribution is 2.15. The fraction of sp³-hybridized carbons (Fsp3) is 0.773. The average molecular weight is 447 g/mol. The van der Waals surface area contributed by atoms with Crippen molar-refractivity contribution < 1.29 is 24.2 Å². The summed E-state index contributed by atoms with van der Waals surface area (Å²) >= 11 is 1.44. The molecule has 1 rings (SSSR count). The molecule has 176 valence electrons. The second-order valence-corrected chi connectivity index (χ2v) is 8.38. The van der Waals surface area contributed by atoms with Crippen LogP contribution >= 0.6 is 11.3 Å². The molecule has 7 nitrogen and oxygen atoms in total. The van der Waals surface area contributed by atoms with Gasteiger partial charge >= 0.3 is 12.1 Å². The molecule has 8 heteroatoms. The summed E-state index contributed by atoms with van der Waals surface area (Å²) in [6.07, 6.45) is 3.33. The molecular weight excluding hydrogens is 404 g/mol. The first-order valence-electron chi connectivity index (χ1n) is 10.8. The SMILES string of the molecule is CCC.CCCN(CCCc1nc(C(=O)OCC)cs1)C(=O)OC(C)(C)C.CCO. The highest BCUT2D eigenvalue weighted by Gasteiger charge is 2.21. The van der Waals surface area contributed by atoms with E-state index in [2.05, 4.69) is 18.8 Å². The summed E-state index contributed by atoms with van der Waals surface area (Å²) in [6.45, 7) is 17.2. The van der Waals surface area contributed by atoms with Gasteiger partial charge in [0.05, 0.1) is 11.6 Å². The molecule has 0 atom stereocenters. The van der Waals surface area contributed by atoms with E-state index in [0.29, 0.717) is 31.8 Å². The maximum atomic E-state index is 12.2. The van der Waals surface area contributed by atoms with Crippen molar-refractivity contribution in [1.82, 2.24) is 9.88 Å². The van der Waals surface area contributed by atoms with Crippen LogP contribution < -0.4 is 0 Å². The number of aliphatic hydroxyl groups is 1. The molecule has 0 aliphatic carbocycles. The van der Waals surface area contributed by atoms with Crippen LogP contribution in [-0.2, 0) is 15.9 Å². The molecule has 30 heavy (non-hydrogen) atoms. The summed E-state index contributed by atoms with van der Waals surface area (Å²) in [5.41, 5.74) is -0.137. The number of aliphatic hydroxyl groups excluding tert-OH is 1. The zero-order chi connectivity index (χ0) is 23.6. The minimum absolute atomic E-state index is 0.250. The average Bonchev–Trinajstić information content (AvgIpc) is 3.10. The van der Waals surface area contributed by atoms with Crippen molar-refractivity contribution in [2.24, 2.45) is 0 Å². The number of ether oxygens (including phenoxy) is 2. The molecule has 0 bridgehead atoms. The maximum Gasteiger partial charge on any atom is 0.410 e. The molecule has 1 amide bonds. The second-order valence-electron chi connectivity index (χ2n) is 7.44. The third kappa shape index (κ3) is 16.2. The van der Waals surface area contributed by atoms with E-state index in [0.717, 1.165) is 17.8 Å². The third-order valence-corrected chi connectivity index (χ3v) is 3.91. The number of carbonyl (C=O) groups is 2. The Morgan fingerprint density at radius 3 is 2.17 bits per heavy atom. The summed E-state index contributed by atoms with van der Waals surface area (Å²) in [7, 11) is 0.